The highest BCUT2D eigenvalue weighted by atomic mass is 32.2. The number of carbonyl (C=O) groups excluding carboxylic acids is 1. The van der Waals surface area contributed by atoms with Gasteiger partial charge in [-0.2, -0.15) is 0 Å². The second-order valence-corrected chi connectivity index (χ2v) is 7.15. The van der Waals surface area contributed by atoms with Crippen LogP contribution in [0.15, 0.2) is 78.1 Å². The van der Waals surface area contributed by atoms with Crippen LogP contribution in [-0.4, -0.2) is 24.3 Å². The molecule has 132 valence electrons. The van der Waals surface area contributed by atoms with Crippen LogP contribution in [0.1, 0.15) is 16.1 Å². The average molecular weight is 368 g/mol. The Hall–Kier alpha value is -3.10. The van der Waals surface area contributed by atoms with Crippen LogP contribution in [0.5, 0.6) is 0 Å². The van der Waals surface area contributed by atoms with Crippen molar-refractivity contribution in [3.63, 3.8) is 0 Å². The van der Waals surface area contributed by atoms with Crippen LogP contribution in [0.25, 0.3) is 0 Å². The summed E-state index contributed by atoms with van der Waals surface area (Å²) in [5.41, 5.74) is 1.50. The smallest absolute Gasteiger partial charge is 0.275 e. The average Bonchev–Trinajstić information content (AvgIpc) is 2.68. The van der Waals surface area contributed by atoms with Crippen molar-refractivity contribution >= 4 is 21.6 Å². The monoisotopic (exact) mass is 368 g/mol. The summed E-state index contributed by atoms with van der Waals surface area (Å²) in [6.07, 6.45) is 4.24. The Bertz CT molecular complexity index is 976. The minimum absolute atomic E-state index is 0.117. The van der Waals surface area contributed by atoms with E-state index in [1.54, 1.807) is 0 Å². The number of hydrogen-bond acceptors (Lipinski definition) is 5. The lowest BCUT2D eigenvalue weighted by Gasteiger charge is -2.08. The molecule has 0 unspecified atom stereocenters. The number of aromatic nitrogens is 2. The van der Waals surface area contributed by atoms with Gasteiger partial charge in [0.25, 0.3) is 5.91 Å². The highest BCUT2D eigenvalue weighted by molar-refractivity contribution is 7.89. The van der Waals surface area contributed by atoms with E-state index in [2.05, 4.69) is 20.0 Å². The van der Waals surface area contributed by atoms with Crippen LogP contribution in [0, 0.1) is 0 Å². The predicted octanol–water partition coefficient (Wildman–Crippen LogP) is 2.21. The number of hydrogen-bond donors (Lipinski definition) is 2. The van der Waals surface area contributed by atoms with Crippen molar-refractivity contribution in [2.24, 2.45) is 0 Å². The number of amides is 1. The molecule has 0 saturated heterocycles. The minimum Gasteiger partial charge on any atom is -0.321 e. The molecule has 0 bridgehead atoms. The molecule has 2 aromatic carbocycles. The van der Waals surface area contributed by atoms with Gasteiger partial charge in [0.1, 0.15) is 5.69 Å². The summed E-state index contributed by atoms with van der Waals surface area (Å²) >= 11 is 0. The molecule has 1 aromatic heterocycles. The van der Waals surface area contributed by atoms with Crippen LogP contribution in [0.2, 0.25) is 0 Å². The first-order chi connectivity index (χ1) is 12.5. The zero-order valence-electron chi connectivity index (χ0n) is 13.7. The summed E-state index contributed by atoms with van der Waals surface area (Å²) in [5.74, 6) is -0.420. The molecule has 0 aliphatic carbocycles. The van der Waals surface area contributed by atoms with Crippen molar-refractivity contribution in [1.29, 1.82) is 0 Å². The molecule has 2 N–H and O–H groups in total. The number of rotatable bonds is 6. The Morgan fingerprint density at radius 3 is 2.35 bits per heavy atom. The summed E-state index contributed by atoms with van der Waals surface area (Å²) < 4.78 is 27.2. The van der Waals surface area contributed by atoms with Gasteiger partial charge >= 0.3 is 0 Å². The van der Waals surface area contributed by atoms with E-state index in [9.17, 15) is 13.2 Å². The Morgan fingerprint density at radius 1 is 0.962 bits per heavy atom. The van der Waals surface area contributed by atoms with Gasteiger partial charge in [0.05, 0.1) is 11.1 Å². The third kappa shape index (κ3) is 4.50. The second-order valence-electron chi connectivity index (χ2n) is 5.38. The normalized spacial score (nSPS) is 11.1. The van der Waals surface area contributed by atoms with Crippen LogP contribution < -0.4 is 10.0 Å². The van der Waals surface area contributed by atoms with E-state index in [0.717, 1.165) is 5.56 Å². The molecule has 8 heteroatoms. The fourth-order valence-electron chi connectivity index (χ4n) is 2.19. The summed E-state index contributed by atoms with van der Waals surface area (Å²) in [5, 5.41) is 2.64. The molecule has 0 saturated carbocycles. The van der Waals surface area contributed by atoms with Crippen LogP contribution in [0.4, 0.5) is 5.69 Å². The molecule has 3 aromatic rings. The van der Waals surface area contributed by atoms with E-state index < -0.39 is 15.9 Å². The van der Waals surface area contributed by atoms with E-state index in [4.69, 9.17) is 0 Å². The lowest BCUT2D eigenvalue weighted by atomic mass is 10.2. The van der Waals surface area contributed by atoms with Crippen LogP contribution in [-0.2, 0) is 16.6 Å². The Labute approximate surface area is 151 Å². The first kappa shape index (κ1) is 17.7. The van der Waals surface area contributed by atoms with Gasteiger partial charge in [0.15, 0.2) is 0 Å². The highest BCUT2D eigenvalue weighted by Gasteiger charge is 2.14. The van der Waals surface area contributed by atoms with Crippen molar-refractivity contribution in [2.45, 2.75) is 11.4 Å². The van der Waals surface area contributed by atoms with Gasteiger partial charge in [0, 0.05) is 24.6 Å². The largest absolute Gasteiger partial charge is 0.321 e. The first-order valence-electron chi connectivity index (χ1n) is 7.76. The van der Waals surface area contributed by atoms with Crippen molar-refractivity contribution in [1.82, 2.24) is 14.7 Å². The second kappa shape index (κ2) is 7.85. The van der Waals surface area contributed by atoms with Gasteiger partial charge in [-0.1, -0.05) is 30.3 Å². The Kier molecular flexibility index (Phi) is 5.35. The zero-order chi connectivity index (χ0) is 18.4. The number of nitrogens with one attached hydrogen (secondary N) is 2. The number of benzene rings is 2. The SMILES string of the molecule is O=C(Nc1ccc(S(=O)(=O)NCc2ccccc2)cc1)c1cnccn1. The van der Waals surface area contributed by atoms with Gasteiger partial charge in [-0.25, -0.2) is 18.1 Å². The molecule has 1 heterocycles. The third-order valence-electron chi connectivity index (χ3n) is 3.53. The molecule has 0 atom stereocenters. The van der Waals surface area contributed by atoms with Crippen molar-refractivity contribution < 1.29 is 13.2 Å². The Morgan fingerprint density at radius 2 is 1.69 bits per heavy atom. The van der Waals surface area contributed by atoms with Gasteiger partial charge in [-0.15, -0.1) is 0 Å². The lowest BCUT2D eigenvalue weighted by Crippen LogP contribution is -2.23. The highest BCUT2D eigenvalue weighted by Crippen LogP contribution is 2.15. The van der Waals surface area contributed by atoms with E-state index in [0.29, 0.717) is 5.69 Å². The maximum Gasteiger partial charge on any atom is 0.275 e. The molecular formula is C18H16N4O3S. The maximum atomic E-state index is 12.3. The van der Waals surface area contributed by atoms with Crippen LogP contribution in [0.3, 0.4) is 0 Å². The third-order valence-corrected chi connectivity index (χ3v) is 4.94. The summed E-state index contributed by atoms with van der Waals surface area (Å²) in [6, 6.07) is 15.1. The van der Waals surface area contributed by atoms with Gasteiger partial charge < -0.3 is 5.32 Å². The summed E-state index contributed by atoms with van der Waals surface area (Å²) in [6.45, 7) is 0.203. The molecule has 3 rings (SSSR count). The Balaban J connectivity index is 1.65. The summed E-state index contributed by atoms with van der Waals surface area (Å²) in [7, 11) is -3.64. The fraction of sp³-hybridized carbons (Fsp3) is 0.0556. The summed E-state index contributed by atoms with van der Waals surface area (Å²) in [4.78, 5) is 19.9. The molecule has 0 fully saturated rings. The van der Waals surface area contributed by atoms with E-state index >= 15 is 0 Å². The van der Waals surface area contributed by atoms with Crippen molar-refractivity contribution in [3.8, 4) is 0 Å². The fourth-order valence-corrected chi connectivity index (χ4v) is 3.20. The molecule has 7 nitrogen and oxygen atoms in total. The molecule has 0 spiro atoms. The molecular weight excluding hydrogens is 352 g/mol. The van der Waals surface area contributed by atoms with E-state index in [1.807, 2.05) is 30.3 Å². The van der Waals surface area contributed by atoms with Crippen LogP contribution >= 0.6 is 0 Å². The zero-order valence-corrected chi connectivity index (χ0v) is 14.5. The molecule has 0 radical (unpaired) electrons. The van der Waals surface area contributed by atoms with Crippen molar-refractivity contribution in [3.05, 3.63) is 84.4 Å². The van der Waals surface area contributed by atoms with E-state index in [1.165, 1.54) is 42.9 Å². The maximum absolute atomic E-state index is 12.3. The molecule has 1 amide bonds. The quantitative estimate of drug-likeness (QED) is 0.695. The van der Waals surface area contributed by atoms with Gasteiger partial charge in [0.2, 0.25) is 10.0 Å². The number of anilines is 1. The van der Waals surface area contributed by atoms with Gasteiger partial charge in [-0.05, 0) is 29.8 Å². The molecule has 0 aliphatic rings. The van der Waals surface area contributed by atoms with Crippen molar-refractivity contribution in [2.75, 3.05) is 5.32 Å². The first-order valence-corrected chi connectivity index (χ1v) is 9.24. The molecule has 0 aliphatic heterocycles. The lowest BCUT2D eigenvalue weighted by molar-refractivity contribution is 0.102. The number of carbonyl (C=O) groups is 1. The predicted molar refractivity (Wildman–Crippen MR) is 96.9 cm³/mol. The number of nitrogens with zero attached hydrogens (tertiary/aromatic N) is 2. The van der Waals surface area contributed by atoms with Gasteiger partial charge in [-0.3, -0.25) is 9.78 Å². The number of sulfonamides is 1. The van der Waals surface area contributed by atoms with E-state index in [-0.39, 0.29) is 17.1 Å². The molecule has 26 heavy (non-hydrogen) atoms. The minimum atomic E-state index is -3.64. The topological polar surface area (TPSA) is 101 Å². The standard InChI is InChI=1S/C18H16N4O3S/c23-18(17-13-19-10-11-20-17)22-15-6-8-16(9-7-15)26(24,25)21-12-14-4-2-1-3-5-14/h1-11,13,21H,12H2,(H,22,23).